The lowest BCUT2D eigenvalue weighted by Gasteiger charge is -2.40. The molecule has 0 amide bonds. The third kappa shape index (κ3) is 2.13. The minimum absolute atomic E-state index is 0.461. The molecule has 20 heavy (non-hydrogen) atoms. The second-order valence-corrected chi connectivity index (χ2v) is 5.60. The summed E-state index contributed by atoms with van der Waals surface area (Å²) in [6.07, 6.45) is 0. The van der Waals surface area contributed by atoms with E-state index in [2.05, 4.69) is 42.3 Å². The van der Waals surface area contributed by atoms with Crippen LogP contribution in [0.4, 0.5) is 5.69 Å². The molecule has 2 aromatic rings. The normalized spacial score (nSPS) is 22.8. The van der Waals surface area contributed by atoms with Crippen molar-refractivity contribution in [3.63, 3.8) is 0 Å². The summed E-state index contributed by atoms with van der Waals surface area (Å²) in [5.41, 5.74) is 1.99. The molecule has 0 aliphatic carbocycles. The molecule has 3 heteroatoms. The fourth-order valence-corrected chi connectivity index (χ4v) is 2.99. The Morgan fingerprint density at radius 3 is 2.65 bits per heavy atom. The molecule has 0 saturated carbocycles. The summed E-state index contributed by atoms with van der Waals surface area (Å²) in [4.78, 5) is 2.45. The van der Waals surface area contributed by atoms with E-state index in [4.69, 9.17) is 0 Å². The van der Waals surface area contributed by atoms with Gasteiger partial charge in [-0.05, 0) is 26.0 Å². The summed E-state index contributed by atoms with van der Waals surface area (Å²) in [7, 11) is 0. The zero-order chi connectivity index (χ0) is 14.1. The Morgan fingerprint density at radius 2 is 1.90 bits per heavy atom. The third-order valence-corrected chi connectivity index (χ3v) is 4.10. The first kappa shape index (κ1) is 13.0. The van der Waals surface area contributed by atoms with E-state index in [0.717, 1.165) is 24.0 Å². The fraction of sp³-hybridized carbons (Fsp3) is 0.353. The fourth-order valence-electron chi connectivity index (χ4n) is 2.99. The monoisotopic (exact) mass is 265 g/mol. The number of hydrogen-bond donors (Lipinski definition) is 1. The van der Waals surface area contributed by atoms with E-state index < -0.39 is 0 Å². The van der Waals surface area contributed by atoms with Crippen molar-refractivity contribution in [2.75, 3.05) is 18.0 Å². The third-order valence-electron chi connectivity index (χ3n) is 4.10. The van der Waals surface area contributed by atoms with Gasteiger partial charge in [-0.25, -0.2) is 0 Å². The smallest absolute Gasteiger partial charge is 0.0998 e. The van der Waals surface area contributed by atoms with Crippen molar-refractivity contribution >= 4 is 16.5 Å². The van der Waals surface area contributed by atoms with Crippen molar-refractivity contribution in [3.8, 4) is 6.07 Å². The van der Waals surface area contributed by atoms with Gasteiger partial charge in [-0.1, -0.05) is 24.3 Å². The highest BCUT2D eigenvalue weighted by atomic mass is 15.2. The highest BCUT2D eigenvalue weighted by molar-refractivity contribution is 5.98. The quantitative estimate of drug-likeness (QED) is 0.861. The zero-order valence-corrected chi connectivity index (χ0v) is 11.9. The summed E-state index contributed by atoms with van der Waals surface area (Å²) in [6.45, 7) is 6.45. The largest absolute Gasteiger partial charge is 0.365 e. The van der Waals surface area contributed by atoms with E-state index in [-0.39, 0.29) is 0 Å². The van der Waals surface area contributed by atoms with Crippen molar-refractivity contribution in [1.82, 2.24) is 5.32 Å². The van der Waals surface area contributed by atoms with Crippen LogP contribution in [0.15, 0.2) is 36.4 Å². The van der Waals surface area contributed by atoms with Crippen LogP contribution in [0.3, 0.4) is 0 Å². The summed E-state index contributed by atoms with van der Waals surface area (Å²) in [6, 6.07) is 15.5. The van der Waals surface area contributed by atoms with Gasteiger partial charge < -0.3 is 10.2 Å². The van der Waals surface area contributed by atoms with Gasteiger partial charge in [0.2, 0.25) is 0 Å². The van der Waals surface area contributed by atoms with Gasteiger partial charge in [0.25, 0.3) is 0 Å². The lowest BCUT2D eigenvalue weighted by atomic mass is 10.0. The Morgan fingerprint density at radius 1 is 1.15 bits per heavy atom. The van der Waals surface area contributed by atoms with Gasteiger partial charge in [0.05, 0.1) is 11.6 Å². The Balaban J connectivity index is 2.15. The Kier molecular flexibility index (Phi) is 3.33. The molecule has 2 aromatic carbocycles. The lowest BCUT2D eigenvalue weighted by Crippen LogP contribution is -2.54. The van der Waals surface area contributed by atoms with Gasteiger partial charge in [0.1, 0.15) is 0 Å². The average Bonchev–Trinajstić information content (AvgIpc) is 2.49. The topological polar surface area (TPSA) is 39.1 Å². The van der Waals surface area contributed by atoms with Crippen LogP contribution in [0.2, 0.25) is 0 Å². The standard InChI is InChI=1S/C17H19N3/c1-12-11-20(13(2)10-19-12)17-8-7-14(9-18)15-5-3-4-6-16(15)17/h3-8,12-13,19H,10-11H2,1-2H3. The molecule has 2 atom stereocenters. The van der Waals surface area contributed by atoms with Gasteiger partial charge in [-0.3, -0.25) is 0 Å². The first-order valence-electron chi connectivity index (χ1n) is 7.12. The molecular formula is C17H19N3. The first-order chi connectivity index (χ1) is 9.70. The molecule has 102 valence electrons. The molecule has 0 spiro atoms. The van der Waals surface area contributed by atoms with E-state index in [1.165, 1.54) is 11.1 Å². The molecule has 2 unspecified atom stereocenters. The number of fused-ring (bicyclic) bond motifs is 1. The van der Waals surface area contributed by atoms with Crippen LogP contribution in [0.1, 0.15) is 19.4 Å². The van der Waals surface area contributed by atoms with Crippen molar-refractivity contribution in [2.45, 2.75) is 25.9 Å². The van der Waals surface area contributed by atoms with Crippen LogP contribution in [-0.2, 0) is 0 Å². The Hall–Kier alpha value is -2.05. The van der Waals surface area contributed by atoms with Crippen LogP contribution in [0.5, 0.6) is 0 Å². The molecular weight excluding hydrogens is 246 g/mol. The molecule has 1 aliphatic rings. The second-order valence-electron chi connectivity index (χ2n) is 5.60. The molecule has 1 N–H and O–H groups in total. The first-order valence-corrected chi connectivity index (χ1v) is 7.12. The van der Waals surface area contributed by atoms with Crippen LogP contribution in [0, 0.1) is 11.3 Å². The van der Waals surface area contributed by atoms with E-state index in [1.54, 1.807) is 0 Å². The number of nitrogens with one attached hydrogen (secondary N) is 1. The van der Waals surface area contributed by atoms with Crippen LogP contribution in [0.25, 0.3) is 10.8 Å². The minimum atomic E-state index is 0.461. The maximum atomic E-state index is 9.26. The zero-order valence-electron chi connectivity index (χ0n) is 11.9. The second kappa shape index (κ2) is 5.15. The van der Waals surface area contributed by atoms with Crippen molar-refractivity contribution < 1.29 is 0 Å². The van der Waals surface area contributed by atoms with Gasteiger partial charge in [0, 0.05) is 41.6 Å². The minimum Gasteiger partial charge on any atom is -0.365 e. The number of rotatable bonds is 1. The molecule has 1 heterocycles. The molecule has 1 aliphatic heterocycles. The number of nitrogens with zero attached hydrogens (tertiary/aromatic N) is 2. The number of nitriles is 1. The summed E-state index contributed by atoms with van der Waals surface area (Å²) >= 11 is 0. The molecule has 1 fully saturated rings. The molecule has 3 nitrogen and oxygen atoms in total. The van der Waals surface area contributed by atoms with Gasteiger partial charge in [0.15, 0.2) is 0 Å². The number of benzene rings is 2. The van der Waals surface area contributed by atoms with Crippen LogP contribution < -0.4 is 10.2 Å². The average molecular weight is 265 g/mol. The predicted octanol–water partition coefficient (Wildman–Crippen LogP) is 2.90. The predicted molar refractivity (Wildman–Crippen MR) is 82.9 cm³/mol. The molecule has 3 rings (SSSR count). The van der Waals surface area contributed by atoms with Crippen molar-refractivity contribution in [1.29, 1.82) is 5.26 Å². The Labute approximate surface area is 119 Å². The van der Waals surface area contributed by atoms with E-state index >= 15 is 0 Å². The maximum Gasteiger partial charge on any atom is 0.0998 e. The summed E-state index contributed by atoms with van der Waals surface area (Å²) in [5.74, 6) is 0. The number of hydrogen-bond acceptors (Lipinski definition) is 3. The molecule has 1 saturated heterocycles. The molecule has 0 aromatic heterocycles. The number of anilines is 1. The van der Waals surface area contributed by atoms with Crippen molar-refractivity contribution in [2.24, 2.45) is 0 Å². The van der Waals surface area contributed by atoms with Gasteiger partial charge in [-0.15, -0.1) is 0 Å². The van der Waals surface area contributed by atoms with E-state index in [0.29, 0.717) is 12.1 Å². The maximum absolute atomic E-state index is 9.26. The highest BCUT2D eigenvalue weighted by Crippen LogP contribution is 2.31. The molecule has 0 radical (unpaired) electrons. The Bertz CT molecular complexity index is 671. The van der Waals surface area contributed by atoms with E-state index in [1.807, 2.05) is 24.3 Å². The SMILES string of the molecule is CC1CN(c2ccc(C#N)c3ccccc23)C(C)CN1. The summed E-state index contributed by atoms with van der Waals surface area (Å²) < 4.78 is 0. The lowest BCUT2D eigenvalue weighted by molar-refractivity contribution is 0.426. The van der Waals surface area contributed by atoms with Crippen LogP contribution in [-0.4, -0.2) is 25.2 Å². The van der Waals surface area contributed by atoms with Crippen LogP contribution >= 0.6 is 0 Å². The highest BCUT2D eigenvalue weighted by Gasteiger charge is 2.24. The van der Waals surface area contributed by atoms with Gasteiger partial charge >= 0.3 is 0 Å². The number of piperazine rings is 1. The summed E-state index contributed by atoms with van der Waals surface area (Å²) in [5, 5.41) is 15.0. The van der Waals surface area contributed by atoms with Gasteiger partial charge in [-0.2, -0.15) is 5.26 Å². The van der Waals surface area contributed by atoms with E-state index in [9.17, 15) is 5.26 Å². The van der Waals surface area contributed by atoms with Crippen molar-refractivity contribution in [3.05, 3.63) is 42.0 Å². The molecule has 0 bridgehead atoms.